The van der Waals surface area contributed by atoms with Gasteiger partial charge in [0.1, 0.15) is 0 Å². The van der Waals surface area contributed by atoms with Crippen molar-refractivity contribution in [1.29, 1.82) is 0 Å². The van der Waals surface area contributed by atoms with Gasteiger partial charge in [-0.15, -0.1) is 0 Å². The van der Waals surface area contributed by atoms with Crippen molar-refractivity contribution in [2.75, 3.05) is 16.8 Å². The maximum atomic E-state index is 12.7. The summed E-state index contributed by atoms with van der Waals surface area (Å²) < 4.78 is 1.81. The van der Waals surface area contributed by atoms with Gasteiger partial charge in [-0.05, 0) is 54.8 Å². The standard InChI is InChI=1S/C22H22N4O2/c27-21-8-3-4-15-26(21)19-11-9-17(10-12-19)22(28)24-20-7-2-1-6-18(20)16-25-14-5-13-23-25/h1-2,5-7,9-14H,3-4,8,15-16H2,(H,24,28). The van der Waals surface area contributed by atoms with Crippen molar-refractivity contribution in [2.24, 2.45) is 0 Å². The number of carbonyl (C=O) groups is 2. The Labute approximate surface area is 163 Å². The Balaban J connectivity index is 1.47. The Kier molecular flexibility index (Phi) is 5.19. The molecule has 3 aromatic rings. The van der Waals surface area contributed by atoms with Crippen molar-refractivity contribution in [3.8, 4) is 0 Å². The van der Waals surface area contributed by atoms with E-state index in [1.54, 1.807) is 23.2 Å². The van der Waals surface area contributed by atoms with Crippen LogP contribution in [0.3, 0.4) is 0 Å². The second-order valence-corrected chi connectivity index (χ2v) is 6.86. The molecule has 0 atom stereocenters. The van der Waals surface area contributed by atoms with Crippen LogP contribution in [0.2, 0.25) is 0 Å². The van der Waals surface area contributed by atoms with Crippen molar-refractivity contribution < 1.29 is 9.59 Å². The van der Waals surface area contributed by atoms with E-state index in [0.29, 0.717) is 18.5 Å². The number of nitrogens with zero attached hydrogens (tertiary/aromatic N) is 3. The Morgan fingerprint density at radius 2 is 1.86 bits per heavy atom. The fourth-order valence-corrected chi connectivity index (χ4v) is 3.41. The Hall–Kier alpha value is -3.41. The molecule has 2 amide bonds. The summed E-state index contributed by atoms with van der Waals surface area (Å²) in [7, 11) is 0. The number of anilines is 2. The van der Waals surface area contributed by atoms with Crippen LogP contribution >= 0.6 is 0 Å². The second kappa shape index (κ2) is 8.08. The van der Waals surface area contributed by atoms with E-state index in [9.17, 15) is 9.59 Å². The molecule has 0 unspecified atom stereocenters. The summed E-state index contributed by atoms with van der Waals surface area (Å²) in [5.41, 5.74) is 3.15. The van der Waals surface area contributed by atoms with Crippen LogP contribution in [0.4, 0.5) is 11.4 Å². The molecule has 1 aliphatic rings. The van der Waals surface area contributed by atoms with Crippen LogP contribution < -0.4 is 10.2 Å². The molecule has 6 nitrogen and oxygen atoms in total. The first-order chi connectivity index (χ1) is 13.7. The van der Waals surface area contributed by atoms with Gasteiger partial charge in [-0.2, -0.15) is 5.10 Å². The van der Waals surface area contributed by atoms with Gasteiger partial charge in [-0.1, -0.05) is 18.2 Å². The minimum absolute atomic E-state index is 0.149. The Morgan fingerprint density at radius 1 is 1.04 bits per heavy atom. The quantitative estimate of drug-likeness (QED) is 0.740. The predicted molar refractivity (Wildman–Crippen MR) is 108 cm³/mol. The number of hydrogen-bond donors (Lipinski definition) is 1. The van der Waals surface area contributed by atoms with Gasteiger partial charge in [0.05, 0.1) is 6.54 Å². The lowest BCUT2D eigenvalue weighted by Crippen LogP contribution is -2.35. The minimum atomic E-state index is -0.176. The van der Waals surface area contributed by atoms with Crippen molar-refractivity contribution in [2.45, 2.75) is 25.8 Å². The van der Waals surface area contributed by atoms with E-state index in [-0.39, 0.29) is 11.8 Å². The summed E-state index contributed by atoms with van der Waals surface area (Å²) in [6, 6.07) is 16.8. The molecule has 0 spiro atoms. The number of para-hydroxylation sites is 1. The van der Waals surface area contributed by atoms with Crippen LogP contribution in [0, 0.1) is 0 Å². The summed E-state index contributed by atoms with van der Waals surface area (Å²) in [6.45, 7) is 1.32. The number of nitrogens with one attached hydrogen (secondary N) is 1. The van der Waals surface area contributed by atoms with Gasteiger partial charge in [0, 0.05) is 42.3 Å². The molecule has 0 saturated carbocycles. The van der Waals surface area contributed by atoms with E-state index in [4.69, 9.17) is 0 Å². The number of hydrogen-bond acceptors (Lipinski definition) is 3. The van der Waals surface area contributed by atoms with Crippen molar-refractivity contribution in [1.82, 2.24) is 9.78 Å². The molecular formula is C22H22N4O2. The molecule has 1 N–H and O–H groups in total. The van der Waals surface area contributed by atoms with Crippen molar-refractivity contribution in [3.63, 3.8) is 0 Å². The molecular weight excluding hydrogens is 352 g/mol. The SMILES string of the molecule is O=C(Nc1ccccc1Cn1cccn1)c1ccc(N2CCCCC2=O)cc1. The molecule has 2 heterocycles. The van der Waals surface area contributed by atoms with E-state index in [0.717, 1.165) is 36.3 Å². The first-order valence-electron chi connectivity index (χ1n) is 9.48. The third-order valence-corrected chi connectivity index (χ3v) is 4.92. The van der Waals surface area contributed by atoms with Crippen molar-refractivity contribution in [3.05, 3.63) is 78.1 Å². The molecule has 28 heavy (non-hydrogen) atoms. The maximum absolute atomic E-state index is 12.7. The largest absolute Gasteiger partial charge is 0.322 e. The van der Waals surface area contributed by atoms with E-state index < -0.39 is 0 Å². The number of aromatic nitrogens is 2. The predicted octanol–water partition coefficient (Wildman–Crippen LogP) is 3.70. The monoisotopic (exact) mass is 374 g/mol. The molecule has 1 saturated heterocycles. The fraction of sp³-hybridized carbons (Fsp3) is 0.227. The lowest BCUT2D eigenvalue weighted by molar-refractivity contribution is -0.119. The molecule has 1 fully saturated rings. The molecule has 0 aliphatic carbocycles. The maximum Gasteiger partial charge on any atom is 0.255 e. The van der Waals surface area contributed by atoms with Crippen LogP contribution in [-0.4, -0.2) is 28.1 Å². The van der Waals surface area contributed by atoms with Gasteiger partial charge < -0.3 is 10.2 Å². The molecule has 142 valence electrons. The van der Waals surface area contributed by atoms with Gasteiger partial charge in [-0.3, -0.25) is 14.3 Å². The van der Waals surface area contributed by atoms with Crippen LogP contribution in [-0.2, 0) is 11.3 Å². The van der Waals surface area contributed by atoms with Gasteiger partial charge >= 0.3 is 0 Å². The first-order valence-corrected chi connectivity index (χ1v) is 9.48. The molecule has 0 bridgehead atoms. The molecule has 1 aromatic heterocycles. The highest BCUT2D eigenvalue weighted by Gasteiger charge is 2.19. The molecule has 4 rings (SSSR count). The molecule has 0 radical (unpaired) electrons. The summed E-state index contributed by atoms with van der Waals surface area (Å²) >= 11 is 0. The summed E-state index contributed by atoms with van der Waals surface area (Å²) in [6.07, 6.45) is 6.18. The zero-order valence-corrected chi connectivity index (χ0v) is 15.5. The Bertz CT molecular complexity index is 964. The minimum Gasteiger partial charge on any atom is -0.322 e. The van der Waals surface area contributed by atoms with E-state index >= 15 is 0 Å². The highest BCUT2D eigenvalue weighted by atomic mass is 16.2. The highest BCUT2D eigenvalue weighted by molar-refractivity contribution is 6.05. The average molecular weight is 374 g/mol. The zero-order chi connectivity index (χ0) is 19.3. The smallest absolute Gasteiger partial charge is 0.255 e. The fourth-order valence-electron chi connectivity index (χ4n) is 3.41. The number of piperidine rings is 1. The summed E-state index contributed by atoms with van der Waals surface area (Å²) in [5.74, 6) is -0.0274. The highest BCUT2D eigenvalue weighted by Crippen LogP contribution is 2.22. The van der Waals surface area contributed by atoms with Gasteiger partial charge in [0.25, 0.3) is 5.91 Å². The first kappa shape index (κ1) is 18.0. The second-order valence-electron chi connectivity index (χ2n) is 6.86. The van der Waals surface area contributed by atoms with Crippen LogP contribution in [0.5, 0.6) is 0 Å². The molecule has 6 heteroatoms. The number of carbonyl (C=O) groups excluding carboxylic acids is 2. The van der Waals surface area contributed by atoms with Crippen LogP contribution in [0.15, 0.2) is 67.0 Å². The number of benzene rings is 2. The Morgan fingerprint density at radius 3 is 2.61 bits per heavy atom. The van der Waals surface area contributed by atoms with Crippen LogP contribution in [0.1, 0.15) is 35.2 Å². The third-order valence-electron chi connectivity index (χ3n) is 4.92. The zero-order valence-electron chi connectivity index (χ0n) is 15.5. The topological polar surface area (TPSA) is 67.2 Å². The van der Waals surface area contributed by atoms with Crippen LogP contribution in [0.25, 0.3) is 0 Å². The molecule has 1 aliphatic heterocycles. The lowest BCUT2D eigenvalue weighted by Gasteiger charge is -2.26. The van der Waals surface area contributed by atoms with Crippen molar-refractivity contribution >= 4 is 23.2 Å². The number of amides is 2. The van der Waals surface area contributed by atoms with E-state index in [1.807, 2.05) is 53.3 Å². The van der Waals surface area contributed by atoms with Gasteiger partial charge in [0.2, 0.25) is 5.91 Å². The molecule has 2 aromatic carbocycles. The lowest BCUT2D eigenvalue weighted by atomic mass is 10.1. The average Bonchev–Trinajstić information content (AvgIpc) is 3.23. The van der Waals surface area contributed by atoms with Gasteiger partial charge in [-0.25, -0.2) is 0 Å². The number of rotatable bonds is 5. The van der Waals surface area contributed by atoms with E-state index in [1.165, 1.54) is 0 Å². The third kappa shape index (κ3) is 3.96. The summed E-state index contributed by atoms with van der Waals surface area (Å²) in [5, 5.41) is 7.21. The van der Waals surface area contributed by atoms with Gasteiger partial charge in [0.15, 0.2) is 0 Å². The summed E-state index contributed by atoms with van der Waals surface area (Å²) in [4.78, 5) is 26.6. The van der Waals surface area contributed by atoms with E-state index in [2.05, 4.69) is 10.4 Å². The normalized spacial score (nSPS) is 14.1.